The lowest BCUT2D eigenvalue weighted by atomic mass is 9.81. The molecule has 166 valence electrons. The number of aryl methyl sites for hydroxylation is 1. The van der Waals surface area contributed by atoms with E-state index in [1.54, 1.807) is 4.68 Å². The molecule has 6 rings (SSSR count). The fourth-order valence-corrected chi connectivity index (χ4v) is 5.55. The van der Waals surface area contributed by atoms with Crippen LogP contribution in [0, 0.1) is 0 Å². The van der Waals surface area contributed by atoms with E-state index in [0.29, 0.717) is 10.6 Å². The summed E-state index contributed by atoms with van der Waals surface area (Å²) in [5.74, 6) is 0.0280. The molecule has 2 aliphatic rings. The number of hydrogen-bond acceptors (Lipinski definition) is 5. The van der Waals surface area contributed by atoms with Gasteiger partial charge in [0.1, 0.15) is 6.33 Å². The van der Waals surface area contributed by atoms with Gasteiger partial charge in [-0.05, 0) is 66.4 Å². The largest absolute Gasteiger partial charge is 0.327 e. The Hall–Kier alpha value is -3.52. The second-order valence-corrected chi connectivity index (χ2v) is 9.10. The van der Waals surface area contributed by atoms with Crippen molar-refractivity contribution < 1.29 is 4.79 Å². The van der Waals surface area contributed by atoms with Crippen LogP contribution in [-0.4, -0.2) is 46.8 Å². The van der Waals surface area contributed by atoms with Crippen molar-refractivity contribution >= 4 is 17.5 Å². The van der Waals surface area contributed by atoms with Crippen molar-refractivity contribution in [1.82, 2.24) is 34.9 Å². The van der Waals surface area contributed by atoms with Crippen molar-refractivity contribution in [3.8, 4) is 16.9 Å². The molecule has 0 spiro atoms. The maximum atomic E-state index is 13.8. The van der Waals surface area contributed by atoms with Gasteiger partial charge >= 0.3 is 0 Å². The lowest BCUT2D eigenvalue weighted by molar-refractivity contribution is 0.0392. The summed E-state index contributed by atoms with van der Waals surface area (Å²) in [6, 6.07) is 15.5. The molecule has 1 amide bonds. The van der Waals surface area contributed by atoms with Gasteiger partial charge in [-0.2, -0.15) is 5.10 Å². The first kappa shape index (κ1) is 20.1. The monoisotopic (exact) mass is 459 g/mol. The molecule has 0 radical (unpaired) electrons. The minimum atomic E-state index is -0.0316. The van der Waals surface area contributed by atoms with E-state index in [1.807, 2.05) is 54.2 Å². The summed E-state index contributed by atoms with van der Waals surface area (Å²) in [4.78, 5) is 15.8. The predicted molar refractivity (Wildman–Crippen MR) is 123 cm³/mol. The molecule has 0 saturated carbocycles. The zero-order valence-corrected chi connectivity index (χ0v) is 18.9. The highest BCUT2D eigenvalue weighted by molar-refractivity contribution is 6.30. The van der Waals surface area contributed by atoms with Crippen molar-refractivity contribution in [1.29, 1.82) is 0 Å². The average molecular weight is 460 g/mol. The summed E-state index contributed by atoms with van der Waals surface area (Å²) in [6.45, 7) is 0. The Morgan fingerprint density at radius 1 is 1.12 bits per heavy atom. The van der Waals surface area contributed by atoms with Crippen LogP contribution in [0.5, 0.6) is 0 Å². The number of hydrogen-bond donors (Lipinski definition) is 0. The molecule has 2 aliphatic heterocycles. The van der Waals surface area contributed by atoms with E-state index in [9.17, 15) is 4.79 Å². The number of piperidine rings is 1. The molecular weight excluding hydrogens is 438 g/mol. The molecule has 2 aromatic carbocycles. The van der Waals surface area contributed by atoms with E-state index in [0.717, 1.165) is 48.3 Å². The van der Waals surface area contributed by atoms with Crippen LogP contribution in [0.15, 0.2) is 54.9 Å². The number of carbonyl (C=O) groups excluding carboxylic acids is 1. The molecular formula is C24H22ClN7O. The standard InChI is InChI=1S/C24H22ClN7O/c1-30-23(15-5-2-7-17(25)11-15)20-13-19-9-4-10-21(22(20)27-30)32(19)24(33)16-6-3-8-18(12-16)31-14-26-28-29-31/h2-3,5-8,11-12,14,19,21H,4,9-10,13H2,1H3. The molecule has 1 fully saturated rings. The molecule has 2 unspecified atom stereocenters. The molecule has 2 bridgehead atoms. The Morgan fingerprint density at radius 2 is 2.00 bits per heavy atom. The lowest BCUT2D eigenvalue weighted by Crippen LogP contribution is -2.49. The molecule has 4 heterocycles. The maximum absolute atomic E-state index is 13.8. The topological polar surface area (TPSA) is 81.7 Å². The zero-order chi connectivity index (χ0) is 22.5. The molecule has 33 heavy (non-hydrogen) atoms. The number of rotatable bonds is 3. The van der Waals surface area contributed by atoms with Crippen molar-refractivity contribution in [2.45, 2.75) is 37.8 Å². The number of amides is 1. The maximum Gasteiger partial charge on any atom is 0.254 e. The number of benzene rings is 2. The molecule has 0 aliphatic carbocycles. The van der Waals surface area contributed by atoms with Gasteiger partial charge in [0, 0.05) is 34.8 Å². The third kappa shape index (κ3) is 3.33. The van der Waals surface area contributed by atoms with Crippen LogP contribution in [0.4, 0.5) is 0 Å². The number of tetrazole rings is 1. The summed E-state index contributed by atoms with van der Waals surface area (Å²) in [5, 5.41) is 16.9. The number of carbonyl (C=O) groups is 1. The van der Waals surface area contributed by atoms with Crippen LogP contribution in [-0.2, 0) is 13.5 Å². The van der Waals surface area contributed by atoms with Crippen LogP contribution < -0.4 is 0 Å². The average Bonchev–Trinajstić information content (AvgIpc) is 3.46. The van der Waals surface area contributed by atoms with Gasteiger partial charge < -0.3 is 4.90 Å². The molecule has 1 saturated heterocycles. The SMILES string of the molecule is Cn1nc2c(c1-c1cccc(Cl)c1)CC1CCCC2N1C(=O)c1cccc(-n2cnnn2)c1. The number of nitrogens with zero attached hydrogens (tertiary/aromatic N) is 7. The Balaban J connectivity index is 1.39. The first-order valence-electron chi connectivity index (χ1n) is 11.1. The number of fused-ring (bicyclic) bond motifs is 4. The van der Waals surface area contributed by atoms with Gasteiger partial charge in [-0.3, -0.25) is 9.48 Å². The van der Waals surface area contributed by atoms with E-state index < -0.39 is 0 Å². The van der Waals surface area contributed by atoms with Crippen LogP contribution in [0.25, 0.3) is 16.9 Å². The number of aromatic nitrogens is 6. The van der Waals surface area contributed by atoms with Gasteiger partial charge in [-0.15, -0.1) is 5.10 Å². The highest BCUT2D eigenvalue weighted by atomic mass is 35.5. The van der Waals surface area contributed by atoms with Gasteiger partial charge in [0.25, 0.3) is 5.91 Å². The molecule has 0 N–H and O–H groups in total. The Morgan fingerprint density at radius 3 is 2.82 bits per heavy atom. The highest BCUT2D eigenvalue weighted by Gasteiger charge is 2.43. The minimum absolute atomic E-state index is 0.0280. The Labute approximate surface area is 195 Å². The fraction of sp³-hybridized carbons (Fsp3) is 0.292. The summed E-state index contributed by atoms with van der Waals surface area (Å²) >= 11 is 6.28. The Bertz CT molecular complexity index is 1350. The van der Waals surface area contributed by atoms with Gasteiger partial charge in [0.05, 0.1) is 23.1 Å². The van der Waals surface area contributed by atoms with Gasteiger partial charge in [0.15, 0.2) is 0 Å². The third-order valence-corrected chi connectivity index (χ3v) is 6.95. The highest BCUT2D eigenvalue weighted by Crippen LogP contribution is 2.45. The van der Waals surface area contributed by atoms with Gasteiger partial charge in [-0.1, -0.05) is 29.8 Å². The van der Waals surface area contributed by atoms with E-state index in [1.165, 1.54) is 11.9 Å². The third-order valence-electron chi connectivity index (χ3n) is 6.72. The summed E-state index contributed by atoms with van der Waals surface area (Å²) in [6.07, 6.45) is 5.30. The molecule has 2 atom stereocenters. The van der Waals surface area contributed by atoms with Crippen LogP contribution in [0.1, 0.15) is 46.9 Å². The first-order chi connectivity index (χ1) is 16.1. The van der Waals surface area contributed by atoms with Crippen LogP contribution >= 0.6 is 11.6 Å². The van der Waals surface area contributed by atoms with Crippen molar-refractivity contribution in [2.24, 2.45) is 7.05 Å². The fourth-order valence-electron chi connectivity index (χ4n) is 5.36. The van der Waals surface area contributed by atoms with E-state index in [4.69, 9.17) is 16.7 Å². The van der Waals surface area contributed by atoms with Crippen LogP contribution in [0.3, 0.4) is 0 Å². The van der Waals surface area contributed by atoms with Gasteiger partial charge in [-0.25, -0.2) is 4.68 Å². The second-order valence-electron chi connectivity index (χ2n) is 8.67. The van der Waals surface area contributed by atoms with Gasteiger partial charge in [0.2, 0.25) is 0 Å². The van der Waals surface area contributed by atoms with E-state index >= 15 is 0 Å². The minimum Gasteiger partial charge on any atom is -0.327 e. The normalized spacial score (nSPS) is 19.4. The predicted octanol–water partition coefficient (Wildman–Crippen LogP) is 4.01. The van der Waals surface area contributed by atoms with E-state index in [-0.39, 0.29) is 18.0 Å². The summed E-state index contributed by atoms with van der Waals surface area (Å²) in [5.41, 5.74) is 5.79. The molecule has 9 heteroatoms. The Kier molecular flexibility index (Phi) is 4.76. The molecule has 4 aromatic rings. The lowest BCUT2D eigenvalue weighted by Gasteiger charge is -2.45. The molecule has 8 nitrogen and oxygen atoms in total. The van der Waals surface area contributed by atoms with E-state index in [2.05, 4.69) is 26.5 Å². The van der Waals surface area contributed by atoms with Crippen molar-refractivity contribution in [3.63, 3.8) is 0 Å². The molecule has 2 aromatic heterocycles. The van der Waals surface area contributed by atoms with Crippen LogP contribution in [0.2, 0.25) is 5.02 Å². The summed E-state index contributed by atoms with van der Waals surface area (Å²) < 4.78 is 3.50. The van der Waals surface area contributed by atoms with Crippen molar-refractivity contribution in [3.05, 3.63) is 76.7 Å². The van der Waals surface area contributed by atoms with Crippen molar-refractivity contribution in [2.75, 3.05) is 0 Å². The summed E-state index contributed by atoms with van der Waals surface area (Å²) in [7, 11) is 1.97. The number of halogens is 1. The zero-order valence-electron chi connectivity index (χ0n) is 18.1. The quantitative estimate of drug-likeness (QED) is 0.462. The smallest absolute Gasteiger partial charge is 0.254 e. The second kappa shape index (κ2) is 7.81. The first-order valence-corrected chi connectivity index (χ1v) is 11.5.